The van der Waals surface area contributed by atoms with Crippen molar-refractivity contribution in [3.8, 4) is 0 Å². The van der Waals surface area contributed by atoms with Gasteiger partial charge in [-0.2, -0.15) is 0 Å². The number of anilines is 1. The van der Waals surface area contributed by atoms with E-state index in [0.717, 1.165) is 25.8 Å². The van der Waals surface area contributed by atoms with E-state index in [4.69, 9.17) is 39.1 Å². The number of carbonyl (C=O) groups is 2. The molecular weight excluding hydrogens is 568 g/mol. The van der Waals surface area contributed by atoms with Crippen LogP contribution in [0.5, 0.6) is 0 Å². The topological polar surface area (TPSA) is 112 Å². The monoisotopic (exact) mass is 603 g/mol. The van der Waals surface area contributed by atoms with Gasteiger partial charge in [0.05, 0.1) is 17.7 Å². The molecule has 11 heteroatoms. The molecule has 41 heavy (non-hydrogen) atoms. The van der Waals surface area contributed by atoms with Crippen molar-refractivity contribution in [2.24, 2.45) is 17.6 Å². The van der Waals surface area contributed by atoms with E-state index in [-0.39, 0.29) is 41.9 Å². The molecule has 0 aromatic heterocycles. The Morgan fingerprint density at radius 3 is 2.63 bits per heavy atom. The van der Waals surface area contributed by atoms with Crippen LogP contribution in [0.2, 0.25) is 10.0 Å². The summed E-state index contributed by atoms with van der Waals surface area (Å²) in [6.07, 6.45) is 2.96. The Bertz CT molecular complexity index is 1310. The SMILES string of the molecule is CCOC(=O)C(=N)C(CN)CN1CCC2C1C(c1cccc(Cl)c1F)C(C(=O)Nc1cccc(Cl)c1)N2CC1CC1. The highest BCUT2D eigenvalue weighted by atomic mass is 35.5. The maximum absolute atomic E-state index is 15.8. The first kappa shape index (κ1) is 29.9. The third kappa shape index (κ3) is 6.29. The minimum Gasteiger partial charge on any atom is -0.462 e. The molecule has 2 aliphatic heterocycles. The summed E-state index contributed by atoms with van der Waals surface area (Å²) in [6, 6.07) is 11.0. The van der Waals surface area contributed by atoms with E-state index in [1.807, 2.05) is 0 Å². The molecule has 0 spiro atoms. The van der Waals surface area contributed by atoms with Crippen molar-refractivity contribution in [2.75, 3.05) is 38.1 Å². The van der Waals surface area contributed by atoms with Gasteiger partial charge in [-0.1, -0.05) is 41.4 Å². The molecule has 1 aliphatic carbocycles. The number of benzene rings is 2. The van der Waals surface area contributed by atoms with E-state index in [0.29, 0.717) is 35.3 Å². The highest BCUT2D eigenvalue weighted by Gasteiger charge is 2.58. The summed E-state index contributed by atoms with van der Waals surface area (Å²) in [4.78, 5) is 30.9. The second-order valence-corrected chi connectivity index (χ2v) is 12.0. The molecule has 2 saturated heterocycles. The molecule has 3 aliphatic rings. The van der Waals surface area contributed by atoms with Gasteiger partial charge in [0.2, 0.25) is 5.91 Å². The first-order valence-electron chi connectivity index (χ1n) is 14.2. The van der Waals surface area contributed by atoms with Crippen molar-refractivity contribution in [1.82, 2.24) is 9.80 Å². The van der Waals surface area contributed by atoms with E-state index in [1.54, 1.807) is 43.3 Å². The molecule has 4 N–H and O–H groups in total. The zero-order chi connectivity index (χ0) is 29.3. The van der Waals surface area contributed by atoms with Gasteiger partial charge in [-0.05, 0) is 61.9 Å². The van der Waals surface area contributed by atoms with E-state index < -0.39 is 29.7 Å². The van der Waals surface area contributed by atoms with Crippen LogP contribution in [0.4, 0.5) is 10.1 Å². The minimum absolute atomic E-state index is 0.00200. The second-order valence-electron chi connectivity index (χ2n) is 11.2. The van der Waals surface area contributed by atoms with Crippen LogP contribution in [0.25, 0.3) is 0 Å². The average molecular weight is 605 g/mol. The molecule has 2 aromatic rings. The molecule has 2 aromatic carbocycles. The van der Waals surface area contributed by atoms with Crippen LogP contribution >= 0.6 is 23.2 Å². The lowest BCUT2D eigenvalue weighted by molar-refractivity contribution is -0.135. The summed E-state index contributed by atoms with van der Waals surface area (Å²) in [7, 11) is 0. The standard InChI is InChI=1S/C30H36Cl2FN5O3/c1-2-41-30(40)26(35)18(14-34)16-37-12-11-23-27(37)24(21-7-4-8-22(32)25(21)33)28(38(23)15-17-9-10-17)29(39)36-20-6-3-5-19(31)13-20/h3-8,13,17-18,23-24,27-28,35H,2,9-12,14-16,34H2,1H3,(H,36,39). The van der Waals surface area contributed by atoms with Crippen LogP contribution in [0.1, 0.15) is 37.7 Å². The molecule has 5 unspecified atom stereocenters. The molecule has 0 bridgehead atoms. The first-order chi connectivity index (χ1) is 19.7. The van der Waals surface area contributed by atoms with Crippen LogP contribution < -0.4 is 11.1 Å². The quantitative estimate of drug-likeness (QED) is 0.257. The summed E-state index contributed by atoms with van der Waals surface area (Å²) in [5.74, 6) is -2.07. The predicted octanol–water partition coefficient (Wildman–Crippen LogP) is 4.55. The normalized spacial score (nSPS) is 25.1. The van der Waals surface area contributed by atoms with Crippen molar-refractivity contribution < 1.29 is 18.7 Å². The van der Waals surface area contributed by atoms with E-state index >= 15 is 4.39 Å². The molecule has 3 fully saturated rings. The molecule has 1 amide bonds. The van der Waals surface area contributed by atoms with Gasteiger partial charge in [0.25, 0.3) is 0 Å². The number of amides is 1. The molecule has 5 atom stereocenters. The van der Waals surface area contributed by atoms with Gasteiger partial charge in [0.1, 0.15) is 11.5 Å². The Kier molecular flexibility index (Phi) is 9.30. The molecule has 220 valence electrons. The van der Waals surface area contributed by atoms with Crippen LogP contribution in [0, 0.1) is 23.1 Å². The van der Waals surface area contributed by atoms with Crippen molar-refractivity contribution in [2.45, 2.75) is 50.2 Å². The van der Waals surface area contributed by atoms with Crippen molar-refractivity contribution >= 4 is 46.5 Å². The molecular formula is C30H36Cl2FN5O3. The smallest absolute Gasteiger partial charge is 0.352 e. The Morgan fingerprint density at radius 1 is 1.20 bits per heavy atom. The van der Waals surface area contributed by atoms with Crippen molar-refractivity contribution in [3.05, 3.63) is 63.9 Å². The summed E-state index contributed by atoms with van der Waals surface area (Å²) < 4.78 is 20.8. The molecule has 2 heterocycles. The van der Waals surface area contributed by atoms with Gasteiger partial charge in [0, 0.05) is 60.8 Å². The Balaban J connectivity index is 1.53. The van der Waals surface area contributed by atoms with Crippen LogP contribution in [0.3, 0.4) is 0 Å². The Labute approximate surface area is 249 Å². The summed E-state index contributed by atoms with van der Waals surface area (Å²) in [6.45, 7) is 3.69. The maximum atomic E-state index is 15.8. The Hall–Kier alpha value is -2.56. The lowest BCUT2D eigenvalue weighted by atomic mass is 9.85. The van der Waals surface area contributed by atoms with Gasteiger partial charge in [-0.3, -0.25) is 20.0 Å². The van der Waals surface area contributed by atoms with Gasteiger partial charge >= 0.3 is 5.97 Å². The zero-order valence-electron chi connectivity index (χ0n) is 23.0. The minimum atomic E-state index is -0.684. The number of rotatable bonds is 11. The lowest BCUT2D eigenvalue weighted by Crippen LogP contribution is -2.47. The number of fused-ring (bicyclic) bond motifs is 1. The van der Waals surface area contributed by atoms with E-state index in [2.05, 4.69) is 15.1 Å². The molecule has 8 nitrogen and oxygen atoms in total. The number of hydrogen-bond acceptors (Lipinski definition) is 7. The number of ether oxygens (including phenoxy) is 1. The van der Waals surface area contributed by atoms with E-state index in [1.165, 1.54) is 6.07 Å². The van der Waals surface area contributed by atoms with E-state index in [9.17, 15) is 9.59 Å². The largest absolute Gasteiger partial charge is 0.462 e. The third-order valence-electron chi connectivity index (χ3n) is 8.53. The van der Waals surface area contributed by atoms with Gasteiger partial charge in [-0.25, -0.2) is 9.18 Å². The fourth-order valence-corrected chi connectivity index (χ4v) is 6.89. The van der Waals surface area contributed by atoms with Gasteiger partial charge in [0.15, 0.2) is 0 Å². The maximum Gasteiger partial charge on any atom is 0.352 e. The lowest BCUT2D eigenvalue weighted by Gasteiger charge is -2.33. The second kappa shape index (κ2) is 12.8. The number of carbonyl (C=O) groups excluding carboxylic acids is 2. The van der Waals surface area contributed by atoms with Crippen LogP contribution in [-0.2, 0) is 14.3 Å². The fraction of sp³-hybridized carbons (Fsp3) is 0.500. The number of hydrogen-bond donors (Lipinski definition) is 3. The summed E-state index contributed by atoms with van der Waals surface area (Å²) in [5, 5.41) is 12.0. The molecule has 5 rings (SSSR count). The Morgan fingerprint density at radius 2 is 1.95 bits per heavy atom. The number of nitrogens with two attached hydrogens (primary N) is 1. The number of esters is 1. The zero-order valence-corrected chi connectivity index (χ0v) is 24.5. The summed E-state index contributed by atoms with van der Waals surface area (Å²) in [5.41, 5.74) is 6.83. The number of likely N-dealkylation sites (tertiary alicyclic amines) is 2. The highest BCUT2D eigenvalue weighted by molar-refractivity contribution is 6.36. The molecule has 1 saturated carbocycles. The fourth-order valence-electron chi connectivity index (χ4n) is 6.52. The number of halogens is 3. The van der Waals surface area contributed by atoms with Gasteiger partial charge in [-0.15, -0.1) is 0 Å². The molecule has 0 radical (unpaired) electrons. The predicted molar refractivity (Wildman–Crippen MR) is 158 cm³/mol. The highest BCUT2D eigenvalue weighted by Crippen LogP contribution is 2.48. The first-order valence-corrected chi connectivity index (χ1v) is 14.9. The van der Waals surface area contributed by atoms with Crippen molar-refractivity contribution in [1.29, 1.82) is 5.41 Å². The average Bonchev–Trinajstić information content (AvgIpc) is 3.59. The van der Waals surface area contributed by atoms with Crippen LogP contribution in [0.15, 0.2) is 42.5 Å². The van der Waals surface area contributed by atoms with Crippen LogP contribution in [-0.4, -0.2) is 78.3 Å². The third-order valence-corrected chi connectivity index (χ3v) is 9.06. The van der Waals surface area contributed by atoms with Gasteiger partial charge < -0.3 is 15.8 Å². The van der Waals surface area contributed by atoms with Crippen molar-refractivity contribution in [3.63, 3.8) is 0 Å². The number of nitrogens with one attached hydrogen (secondary N) is 2. The number of nitrogens with zero attached hydrogens (tertiary/aromatic N) is 2. The summed E-state index contributed by atoms with van der Waals surface area (Å²) >= 11 is 12.5.